The molecule has 0 bridgehead atoms. The van der Waals surface area contributed by atoms with Gasteiger partial charge in [-0.2, -0.15) is 0 Å². The minimum absolute atomic E-state index is 0. The molecular formula is C8H15LiO. The van der Waals surface area contributed by atoms with Crippen molar-refractivity contribution in [2.45, 2.75) is 39.4 Å². The van der Waals surface area contributed by atoms with E-state index in [2.05, 4.69) is 0 Å². The SMILES string of the molecule is [CH-]=C[C@H](C)OC(C)(C)C.[Li+]. The molecule has 1 nitrogen and oxygen atoms in total. The zero-order valence-corrected chi connectivity index (χ0v) is 7.64. The number of ether oxygens (including phenoxy) is 1. The predicted octanol–water partition coefficient (Wildman–Crippen LogP) is -0.817. The van der Waals surface area contributed by atoms with Gasteiger partial charge in [0.15, 0.2) is 0 Å². The third kappa shape index (κ3) is 8.30. The molecule has 0 spiro atoms. The summed E-state index contributed by atoms with van der Waals surface area (Å²) in [4.78, 5) is 0. The summed E-state index contributed by atoms with van der Waals surface area (Å²) in [5.41, 5.74) is -0.0880. The first-order valence-corrected chi connectivity index (χ1v) is 3.18. The molecule has 0 aliphatic rings. The molecule has 0 fully saturated rings. The molecule has 0 aromatic rings. The van der Waals surface area contributed by atoms with E-state index < -0.39 is 0 Å². The van der Waals surface area contributed by atoms with Crippen LogP contribution >= 0.6 is 0 Å². The molecule has 0 unspecified atom stereocenters. The second kappa shape index (κ2) is 5.02. The van der Waals surface area contributed by atoms with E-state index in [-0.39, 0.29) is 30.6 Å². The Morgan fingerprint density at radius 2 is 1.80 bits per heavy atom. The second-order valence-electron chi connectivity index (χ2n) is 3.13. The van der Waals surface area contributed by atoms with Gasteiger partial charge in [-0.3, -0.25) is 0 Å². The van der Waals surface area contributed by atoms with E-state index >= 15 is 0 Å². The first-order valence-electron chi connectivity index (χ1n) is 3.18. The fourth-order valence-electron chi connectivity index (χ4n) is 0.597. The molecule has 2 heteroatoms. The summed E-state index contributed by atoms with van der Waals surface area (Å²) in [5, 5.41) is 0. The smallest absolute Gasteiger partial charge is 0.515 e. The van der Waals surface area contributed by atoms with Gasteiger partial charge in [-0.05, 0) is 27.7 Å². The topological polar surface area (TPSA) is 9.23 Å². The van der Waals surface area contributed by atoms with Crippen molar-refractivity contribution in [3.05, 3.63) is 12.7 Å². The van der Waals surface area contributed by atoms with Crippen LogP contribution in [0.2, 0.25) is 0 Å². The molecule has 0 aliphatic heterocycles. The molecule has 0 saturated heterocycles. The average molecular weight is 134 g/mol. The molecule has 0 aromatic carbocycles. The summed E-state index contributed by atoms with van der Waals surface area (Å²) in [6.07, 6.45) is 1.59. The largest absolute Gasteiger partial charge is 1.00 e. The van der Waals surface area contributed by atoms with Gasteiger partial charge in [-0.25, -0.2) is 6.08 Å². The summed E-state index contributed by atoms with van der Waals surface area (Å²) >= 11 is 0. The van der Waals surface area contributed by atoms with Crippen LogP contribution in [0.3, 0.4) is 0 Å². The van der Waals surface area contributed by atoms with Crippen LogP contribution < -0.4 is 18.9 Å². The maximum absolute atomic E-state index is 5.41. The Balaban J connectivity index is 0. The molecular weight excluding hydrogens is 119 g/mol. The van der Waals surface area contributed by atoms with E-state index in [0.717, 1.165) is 0 Å². The average Bonchev–Trinajstić information content (AvgIpc) is 1.62. The summed E-state index contributed by atoms with van der Waals surface area (Å²) in [7, 11) is 0. The zero-order chi connectivity index (χ0) is 7.49. The third-order valence-corrected chi connectivity index (χ3v) is 0.810. The van der Waals surface area contributed by atoms with Gasteiger partial charge >= 0.3 is 18.9 Å². The van der Waals surface area contributed by atoms with Crippen molar-refractivity contribution in [2.75, 3.05) is 0 Å². The van der Waals surface area contributed by atoms with Crippen molar-refractivity contribution in [3.8, 4) is 0 Å². The third-order valence-electron chi connectivity index (χ3n) is 0.810. The molecule has 0 radical (unpaired) electrons. The summed E-state index contributed by atoms with van der Waals surface area (Å²) in [6.45, 7) is 13.2. The quantitative estimate of drug-likeness (QED) is 0.354. The maximum Gasteiger partial charge on any atom is 1.00 e. The van der Waals surface area contributed by atoms with Crippen molar-refractivity contribution >= 4 is 0 Å². The van der Waals surface area contributed by atoms with Gasteiger partial charge in [0.05, 0.1) is 5.60 Å². The minimum atomic E-state index is -0.0880. The summed E-state index contributed by atoms with van der Waals surface area (Å²) < 4.78 is 5.41. The Morgan fingerprint density at radius 3 is 1.90 bits per heavy atom. The molecule has 10 heavy (non-hydrogen) atoms. The second-order valence-corrected chi connectivity index (χ2v) is 3.13. The molecule has 0 aliphatic carbocycles. The van der Waals surface area contributed by atoms with E-state index in [4.69, 9.17) is 11.3 Å². The fourth-order valence-corrected chi connectivity index (χ4v) is 0.597. The van der Waals surface area contributed by atoms with Gasteiger partial charge in [0.25, 0.3) is 0 Å². The van der Waals surface area contributed by atoms with Crippen molar-refractivity contribution in [1.29, 1.82) is 0 Å². The van der Waals surface area contributed by atoms with Crippen LogP contribution in [-0.2, 0) is 4.74 Å². The first-order chi connectivity index (χ1) is 3.95. The van der Waals surface area contributed by atoms with Crippen LogP contribution in [0.5, 0.6) is 0 Å². The maximum atomic E-state index is 5.41. The molecule has 1 atom stereocenters. The molecule has 0 amide bonds. The fraction of sp³-hybridized carbons (Fsp3) is 0.750. The van der Waals surface area contributed by atoms with Crippen LogP contribution in [0, 0.1) is 6.58 Å². The molecule has 0 saturated carbocycles. The first kappa shape index (κ1) is 12.9. The Morgan fingerprint density at radius 1 is 1.40 bits per heavy atom. The van der Waals surface area contributed by atoms with Gasteiger partial charge in [-0.15, -0.1) is 0 Å². The van der Waals surface area contributed by atoms with Crippen LogP contribution in [-0.4, -0.2) is 11.7 Å². The molecule has 0 rings (SSSR count). The van der Waals surface area contributed by atoms with Gasteiger partial charge in [0.2, 0.25) is 0 Å². The van der Waals surface area contributed by atoms with E-state index in [1.165, 1.54) is 0 Å². The van der Waals surface area contributed by atoms with Crippen molar-refractivity contribution in [3.63, 3.8) is 0 Å². The van der Waals surface area contributed by atoms with E-state index in [1.54, 1.807) is 6.08 Å². The Labute approximate surface area is 76.0 Å². The molecule has 54 valence electrons. The Hall–Kier alpha value is 0.297. The van der Waals surface area contributed by atoms with Crippen molar-refractivity contribution < 1.29 is 23.6 Å². The van der Waals surface area contributed by atoms with Crippen molar-refractivity contribution in [2.24, 2.45) is 0 Å². The van der Waals surface area contributed by atoms with Crippen molar-refractivity contribution in [1.82, 2.24) is 0 Å². The number of hydrogen-bond acceptors (Lipinski definition) is 1. The standard InChI is InChI=1S/C8H15O.Li/c1-6-7(2)9-8(3,4)5;/h1,6-7H,2-5H3;/q-1;+1/t7-;/m0./s1. The predicted molar refractivity (Wildman–Crippen MR) is 39.2 cm³/mol. The van der Waals surface area contributed by atoms with Gasteiger partial charge in [0.1, 0.15) is 0 Å². The van der Waals surface area contributed by atoms with Crippen LogP contribution in [0.1, 0.15) is 27.7 Å². The number of hydrogen-bond donors (Lipinski definition) is 0. The van der Waals surface area contributed by atoms with Gasteiger partial charge in [-0.1, -0.05) is 0 Å². The normalized spacial score (nSPS) is 13.6. The number of rotatable bonds is 2. The summed E-state index contributed by atoms with van der Waals surface area (Å²) in [5.74, 6) is 0. The molecule has 0 aromatic heterocycles. The zero-order valence-electron chi connectivity index (χ0n) is 7.64. The van der Waals surface area contributed by atoms with E-state index in [1.807, 2.05) is 27.7 Å². The molecule has 0 N–H and O–H groups in total. The Bertz CT molecular complexity index is 93.9. The van der Waals surface area contributed by atoms with E-state index in [9.17, 15) is 0 Å². The van der Waals surface area contributed by atoms with Crippen LogP contribution in [0.25, 0.3) is 0 Å². The molecule has 0 heterocycles. The van der Waals surface area contributed by atoms with E-state index in [0.29, 0.717) is 0 Å². The minimum Gasteiger partial charge on any atom is -0.515 e. The van der Waals surface area contributed by atoms with Crippen LogP contribution in [0.4, 0.5) is 0 Å². The summed E-state index contributed by atoms with van der Waals surface area (Å²) in [6, 6.07) is 0. The van der Waals surface area contributed by atoms with Gasteiger partial charge < -0.3 is 11.3 Å². The Kier molecular flexibility index (Phi) is 6.48. The van der Waals surface area contributed by atoms with Crippen LogP contribution in [0.15, 0.2) is 6.08 Å². The van der Waals surface area contributed by atoms with Gasteiger partial charge in [0, 0.05) is 6.10 Å². The monoisotopic (exact) mass is 134 g/mol.